The van der Waals surface area contributed by atoms with Crippen LogP contribution < -0.4 is 9.64 Å². The second-order valence-corrected chi connectivity index (χ2v) is 9.50. The SMILES string of the molecule is Cc1nc2ncc(-c3ccc4c(c3)CN(c3ncnc5c3C[C@@H](C)[C@H](C)C5)CCO4)cc2[nH]1. The molecule has 1 aliphatic heterocycles. The van der Waals surface area contributed by atoms with Crippen molar-refractivity contribution in [1.29, 1.82) is 0 Å². The van der Waals surface area contributed by atoms with E-state index in [9.17, 15) is 0 Å². The van der Waals surface area contributed by atoms with E-state index in [0.717, 1.165) is 71.2 Å². The number of nitrogens with zero attached hydrogens (tertiary/aromatic N) is 5. The third kappa shape index (κ3) is 3.61. The van der Waals surface area contributed by atoms with Gasteiger partial charge in [0.05, 0.1) is 12.1 Å². The summed E-state index contributed by atoms with van der Waals surface area (Å²) >= 11 is 0. The quantitative estimate of drug-likeness (QED) is 0.495. The fraction of sp³-hybridized carbons (Fsp3) is 0.385. The molecule has 0 saturated heterocycles. The molecule has 1 N–H and O–H groups in total. The van der Waals surface area contributed by atoms with Crippen molar-refractivity contribution >= 4 is 17.0 Å². The first-order valence-corrected chi connectivity index (χ1v) is 11.7. The highest BCUT2D eigenvalue weighted by Gasteiger charge is 2.28. The van der Waals surface area contributed by atoms with E-state index in [1.807, 2.05) is 13.1 Å². The fourth-order valence-corrected chi connectivity index (χ4v) is 5.06. The van der Waals surface area contributed by atoms with Gasteiger partial charge in [-0.1, -0.05) is 19.9 Å². The number of pyridine rings is 1. The summed E-state index contributed by atoms with van der Waals surface area (Å²) in [5, 5.41) is 0. The lowest BCUT2D eigenvalue weighted by atomic mass is 9.80. The lowest BCUT2D eigenvalue weighted by molar-refractivity contribution is 0.330. The molecule has 7 nitrogen and oxygen atoms in total. The van der Waals surface area contributed by atoms with Crippen molar-refractivity contribution in [3.8, 4) is 16.9 Å². The van der Waals surface area contributed by atoms with Crippen LogP contribution in [0.2, 0.25) is 0 Å². The van der Waals surface area contributed by atoms with Crippen LogP contribution in [0, 0.1) is 18.8 Å². The Morgan fingerprint density at radius 1 is 1.03 bits per heavy atom. The molecule has 2 atom stereocenters. The molecular formula is C26H28N6O. The first-order valence-electron chi connectivity index (χ1n) is 11.7. The number of fused-ring (bicyclic) bond motifs is 3. The third-order valence-electron chi connectivity index (χ3n) is 7.15. The van der Waals surface area contributed by atoms with Crippen LogP contribution >= 0.6 is 0 Å². The molecule has 2 aliphatic rings. The Kier molecular flexibility index (Phi) is 4.78. The fourth-order valence-electron chi connectivity index (χ4n) is 5.06. The number of ether oxygens (including phenoxy) is 1. The number of hydrogen-bond donors (Lipinski definition) is 1. The Labute approximate surface area is 193 Å². The zero-order valence-electron chi connectivity index (χ0n) is 19.3. The maximum atomic E-state index is 6.13. The monoisotopic (exact) mass is 440 g/mol. The lowest BCUT2D eigenvalue weighted by Crippen LogP contribution is -2.30. The molecule has 0 bridgehead atoms. The van der Waals surface area contributed by atoms with E-state index >= 15 is 0 Å². The first kappa shape index (κ1) is 20.1. The first-order chi connectivity index (χ1) is 16.0. The van der Waals surface area contributed by atoms with Crippen molar-refractivity contribution in [3.05, 3.63) is 59.4 Å². The molecule has 0 saturated carbocycles. The average Bonchev–Trinajstić information content (AvgIpc) is 3.05. The van der Waals surface area contributed by atoms with Crippen LogP contribution in [0.3, 0.4) is 0 Å². The van der Waals surface area contributed by atoms with Crippen LogP contribution in [-0.2, 0) is 19.4 Å². The zero-order valence-corrected chi connectivity index (χ0v) is 19.3. The van der Waals surface area contributed by atoms with Crippen molar-refractivity contribution in [2.75, 3.05) is 18.1 Å². The molecule has 0 spiro atoms. The predicted octanol–water partition coefficient (Wildman–Crippen LogP) is 4.49. The summed E-state index contributed by atoms with van der Waals surface area (Å²) in [6.45, 7) is 8.81. The van der Waals surface area contributed by atoms with Crippen LogP contribution in [0.1, 0.15) is 36.5 Å². The lowest BCUT2D eigenvalue weighted by Gasteiger charge is -2.31. The molecule has 7 heteroatoms. The van der Waals surface area contributed by atoms with E-state index in [1.54, 1.807) is 6.33 Å². The van der Waals surface area contributed by atoms with Gasteiger partial charge in [0.25, 0.3) is 0 Å². The van der Waals surface area contributed by atoms with Gasteiger partial charge in [-0.2, -0.15) is 0 Å². The molecule has 33 heavy (non-hydrogen) atoms. The molecular weight excluding hydrogens is 412 g/mol. The Hall–Kier alpha value is -3.48. The number of imidazole rings is 1. The van der Waals surface area contributed by atoms with Crippen molar-refractivity contribution < 1.29 is 4.74 Å². The smallest absolute Gasteiger partial charge is 0.177 e. The van der Waals surface area contributed by atoms with Gasteiger partial charge in [-0.25, -0.2) is 19.9 Å². The largest absolute Gasteiger partial charge is 0.491 e. The summed E-state index contributed by atoms with van der Waals surface area (Å²) in [6.07, 6.45) is 5.68. The molecule has 4 heterocycles. The van der Waals surface area contributed by atoms with Gasteiger partial charge in [0, 0.05) is 35.1 Å². The second-order valence-electron chi connectivity index (χ2n) is 9.50. The van der Waals surface area contributed by atoms with E-state index < -0.39 is 0 Å². The highest BCUT2D eigenvalue weighted by molar-refractivity contribution is 5.78. The van der Waals surface area contributed by atoms with Crippen molar-refractivity contribution in [2.45, 2.75) is 40.2 Å². The molecule has 0 fully saturated rings. The van der Waals surface area contributed by atoms with Gasteiger partial charge < -0.3 is 14.6 Å². The topological polar surface area (TPSA) is 79.8 Å². The minimum atomic E-state index is 0.637. The van der Waals surface area contributed by atoms with E-state index in [-0.39, 0.29) is 0 Å². The van der Waals surface area contributed by atoms with Crippen LogP contribution in [0.5, 0.6) is 5.75 Å². The summed E-state index contributed by atoms with van der Waals surface area (Å²) in [7, 11) is 0. The molecule has 3 aromatic heterocycles. The Balaban J connectivity index is 1.35. The Bertz CT molecular complexity index is 1350. The summed E-state index contributed by atoms with van der Waals surface area (Å²) in [6, 6.07) is 8.52. The highest BCUT2D eigenvalue weighted by atomic mass is 16.5. The maximum Gasteiger partial charge on any atom is 0.177 e. The van der Waals surface area contributed by atoms with Crippen LogP contribution in [0.15, 0.2) is 36.8 Å². The molecule has 0 unspecified atom stereocenters. The number of hydrogen-bond acceptors (Lipinski definition) is 6. The number of aromatic nitrogens is 5. The number of rotatable bonds is 2. The van der Waals surface area contributed by atoms with E-state index in [4.69, 9.17) is 9.72 Å². The molecule has 1 aliphatic carbocycles. The van der Waals surface area contributed by atoms with Crippen molar-refractivity contribution in [3.63, 3.8) is 0 Å². The molecule has 1 aromatic carbocycles. The van der Waals surface area contributed by atoms with E-state index in [1.165, 1.54) is 11.3 Å². The van der Waals surface area contributed by atoms with Crippen LogP contribution in [0.25, 0.3) is 22.3 Å². The van der Waals surface area contributed by atoms with Gasteiger partial charge in [-0.3, -0.25) is 0 Å². The molecule has 4 aromatic rings. The zero-order chi connectivity index (χ0) is 22.5. The summed E-state index contributed by atoms with van der Waals surface area (Å²) in [5.74, 6) is 4.17. The van der Waals surface area contributed by atoms with Gasteiger partial charge in [0.2, 0.25) is 0 Å². The molecule has 0 amide bonds. The number of H-pyrrole nitrogens is 1. The number of nitrogens with one attached hydrogen (secondary N) is 1. The maximum absolute atomic E-state index is 6.13. The summed E-state index contributed by atoms with van der Waals surface area (Å²) in [4.78, 5) is 24.0. The van der Waals surface area contributed by atoms with Crippen LogP contribution in [-0.4, -0.2) is 38.1 Å². The Morgan fingerprint density at radius 2 is 1.91 bits per heavy atom. The van der Waals surface area contributed by atoms with Gasteiger partial charge in [-0.05, 0) is 55.4 Å². The van der Waals surface area contributed by atoms with Gasteiger partial charge in [-0.15, -0.1) is 0 Å². The van der Waals surface area contributed by atoms with Gasteiger partial charge >= 0.3 is 0 Å². The highest BCUT2D eigenvalue weighted by Crippen LogP contribution is 2.36. The van der Waals surface area contributed by atoms with E-state index in [2.05, 4.69) is 62.9 Å². The number of aryl methyl sites for hydroxylation is 1. The minimum absolute atomic E-state index is 0.637. The summed E-state index contributed by atoms with van der Waals surface area (Å²) in [5.41, 5.74) is 7.56. The molecule has 0 radical (unpaired) electrons. The second kappa shape index (κ2) is 7.83. The van der Waals surface area contributed by atoms with Gasteiger partial charge in [0.15, 0.2) is 5.65 Å². The average molecular weight is 441 g/mol. The number of anilines is 1. The van der Waals surface area contributed by atoms with Crippen molar-refractivity contribution in [1.82, 2.24) is 24.9 Å². The summed E-state index contributed by atoms with van der Waals surface area (Å²) < 4.78 is 6.13. The predicted molar refractivity (Wildman–Crippen MR) is 128 cm³/mol. The molecule has 6 rings (SSSR count). The third-order valence-corrected chi connectivity index (χ3v) is 7.15. The van der Waals surface area contributed by atoms with Crippen LogP contribution in [0.4, 0.5) is 5.82 Å². The minimum Gasteiger partial charge on any atom is -0.491 e. The Morgan fingerprint density at radius 3 is 2.82 bits per heavy atom. The standard InChI is InChI=1S/C26H28N6O/c1-15-8-21-22(9-16(15)2)28-14-29-26(21)32-6-7-33-24-5-4-18(10-20(24)13-32)19-11-23-25(27-12-19)31-17(3)30-23/h4-5,10-12,14-16H,6-9,13H2,1-3H3,(H,27,30,31)/t15-,16-/m1/s1. The normalized spacial score (nSPS) is 20.2. The molecule has 168 valence electrons. The van der Waals surface area contributed by atoms with Gasteiger partial charge in [0.1, 0.15) is 30.3 Å². The van der Waals surface area contributed by atoms with E-state index in [0.29, 0.717) is 18.4 Å². The number of aromatic amines is 1. The number of benzene rings is 1. The van der Waals surface area contributed by atoms with Crippen molar-refractivity contribution in [2.24, 2.45) is 11.8 Å².